The van der Waals surface area contributed by atoms with Crippen molar-refractivity contribution in [1.29, 1.82) is 0 Å². The molecule has 0 bridgehead atoms. The number of hydrogen-bond donors (Lipinski definition) is 2. The number of nitrogens with two attached hydrogens (primary N) is 1. The maximum atomic E-state index is 13.5. The van der Waals surface area contributed by atoms with Crippen molar-refractivity contribution in [2.75, 3.05) is 20.3 Å². The van der Waals surface area contributed by atoms with Crippen molar-refractivity contribution in [3.63, 3.8) is 0 Å². The second kappa shape index (κ2) is 10.5. The lowest BCUT2D eigenvalue weighted by Gasteiger charge is -2.28. The van der Waals surface area contributed by atoms with E-state index in [2.05, 4.69) is 5.32 Å². The van der Waals surface area contributed by atoms with Crippen LogP contribution < -0.4 is 15.8 Å². The van der Waals surface area contributed by atoms with E-state index in [0.29, 0.717) is 42.2 Å². The molecule has 33 heavy (non-hydrogen) atoms. The highest BCUT2D eigenvalue weighted by atomic mass is 19.4. The molecule has 0 spiro atoms. The van der Waals surface area contributed by atoms with Crippen LogP contribution in [0.3, 0.4) is 0 Å². The number of ether oxygens (including phenoxy) is 2. The summed E-state index contributed by atoms with van der Waals surface area (Å²) in [4.78, 5) is 12.1. The second-order valence-corrected chi connectivity index (χ2v) is 7.61. The Bertz CT molecular complexity index is 1060. The van der Waals surface area contributed by atoms with E-state index in [1.54, 1.807) is 18.2 Å². The lowest BCUT2D eigenvalue weighted by molar-refractivity contribution is -0.137. The van der Waals surface area contributed by atoms with Crippen molar-refractivity contribution in [1.82, 2.24) is 5.32 Å². The highest BCUT2D eigenvalue weighted by molar-refractivity contribution is 5.92. The summed E-state index contributed by atoms with van der Waals surface area (Å²) in [5.41, 5.74) is 7.33. The summed E-state index contributed by atoms with van der Waals surface area (Å²) in [5, 5.41) is 3.32. The summed E-state index contributed by atoms with van der Waals surface area (Å²) in [6.45, 7) is 2.89. The highest BCUT2D eigenvalue weighted by Crippen LogP contribution is 2.41. The first kappa shape index (κ1) is 24.2. The molecule has 1 aliphatic rings. The van der Waals surface area contributed by atoms with Crippen molar-refractivity contribution >= 4 is 5.97 Å². The number of hydrogen-bond acceptors (Lipinski definition) is 5. The van der Waals surface area contributed by atoms with Gasteiger partial charge < -0.3 is 20.5 Å². The van der Waals surface area contributed by atoms with Gasteiger partial charge in [-0.05, 0) is 53.9 Å². The minimum Gasteiger partial charge on any atom is -0.493 e. The van der Waals surface area contributed by atoms with E-state index in [1.165, 1.54) is 31.5 Å². The first-order valence-corrected chi connectivity index (χ1v) is 10.7. The van der Waals surface area contributed by atoms with Gasteiger partial charge >= 0.3 is 12.1 Å². The van der Waals surface area contributed by atoms with Crippen LogP contribution in [0.5, 0.6) is 5.75 Å². The summed E-state index contributed by atoms with van der Waals surface area (Å²) < 4.78 is 51.0. The van der Waals surface area contributed by atoms with Crippen LogP contribution in [0, 0.1) is 0 Å². The van der Waals surface area contributed by atoms with Crippen LogP contribution in [0.1, 0.15) is 36.8 Å². The van der Waals surface area contributed by atoms with Crippen molar-refractivity contribution < 1.29 is 27.4 Å². The average molecular weight is 460 g/mol. The van der Waals surface area contributed by atoms with E-state index in [4.69, 9.17) is 15.2 Å². The lowest BCUT2D eigenvalue weighted by Crippen LogP contribution is -2.27. The molecule has 1 heterocycles. The highest BCUT2D eigenvalue weighted by Gasteiger charge is 2.33. The number of benzene rings is 2. The van der Waals surface area contributed by atoms with Crippen LogP contribution in [0.15, 0.2) is 66.0 Å². The SMILES string of the molecule is CC/C(NC[C@@H]1CCOc2cc(-c3ccccc3C(F)(F)F)ccc21)=C(\C=C/N)C(=O)OC. The summed E-state index contributed by atoms with van der Waals surface area (Å²) in [7, 11) is 1.31. The maximum Gasteiger partial charge on any atom is 0.417 e. The van der Waals surface area contributed by atoms with Gasteiger partial charge in [-0.25, -0.2) is 4.79 Å². The van der Waals surface area contributed by atoms with Gasteiger partial charge in [0.15, 0.2) is 0 Å². The van der Waals surface area contributed by atoms with Crippen LogP contribution in [0.4, 0.5) is 13.2 Å². The maximum absolute atomic E-state index is 13.5. The van der Waals surface area contributed by atoms with Gasteiger partial charge in [0, 0.05) is 18.2 Å². The standard InChI is InChI=1S/C25H27F3N2O3/c1-3-22(20(10-12-29)24(31)32-2)30-15-17-11-13-33-23-14-16(8-9-19(17)23)18-6-4-5-7-21(18)25(26,27)28/h4-10,12,14,17,30H,3,11,13,15,29H2,1-2H3/b12-10-,22-20-/t17-/m0/s1. The molecular formula is C25H27F3N2O3. The largest absolute Gasteiger partial charge is 0.493 e. The minimum absolute atomic E-state index is 0.0583. The molecule has 1 aliphatic heterocycles. The summed E-state index contributed by atoms with van der Waals surface area (Å²) in [5.74, 6) is 0.143. The van der Waals surface area contributed by atoms with Crippen LogP contribution in [0.2, 0.25) is 0 Å². The third-order valence-electron chi connectivity index (χ3n) is 5.63. The van der Waals surface area contributed by atoms with Gasteiger partial charge in [-0.15, -0.1) is 0 Å². The van der Waals surface area contributed by atoms with Crippen molar-refractivity contribution in [3.05, 3.63) is 77.1 Å². The number of esters is 1. The molecule has 5 nitrogen and oxygen atoms in total. The molecule has 0 radical (unpaired) electrons. The minimum atomic E-state index is -4.45. The molecule has 176 valence electrons. The number of allylic oxidation sites excluding steroid dienone is 1. The number of alkyl halides is 3. The normalized spacial score (nSPS) is 16.6. The molecule has 8 heteroatoms. The molecule has 0 aliphatic carbocycles. The summed E-state index contributed by atoms with van der Waals surface area (Å²) in [6, 6.07) is 10.7. The third-order valence-corrected chi connectivity index (χ3v) is 5.63. The van der Waals surface area contributed by atoms with E-state index in [9.17, 15) is 18.0 Å². The topological polar surface area (TPSA) is 73.6 Å². The Morgan fingerprint density at radius 3 is 2.70 bits per heavy atom. The molecule has 3 N–H and O–H groups in total. The predicted octanol–water partition coefficient (Wildman–Crippen LogP) is 5.14. The van der Waals surface area contributed by atoms with E-state index >= 15 is 0 Å². The molecule has 0 unspecified atom stereocenters. The van der Waals surface area contributed by atoms with Gasteiger partial charge in [0.1, 0.15) is 5.75 Å². The Morgan fingerprint density at radius 2 is 2.03 bits per heavy atom. The Hall–Kier alpha value is -3.42. The number of halogens is 3. The fourth-order valence-electron chi connectivity index (χ4n) is 3.98. The molecule has 2 aromatic carbocycles. The summed E-state index contributed by atoms with van der Waals surface area (Å²) >= 11 is 0. The molecule has 0 aromatic heterocycles. The van der Waals surface area contributed by atoms with Crippen LogP contribution in [-0.4, -0.2) is 26.2 Å². The molecule has 3 rings (SSSR count). The number of carbonyl (C=O) groups excluding carboxylic acids is 1. The van der Waals surface area contributed by atoms with Gasteiger partial charge in [0.2, 0.25) is 0 Å². The van der Waals surface area contributed by atoms with Crippen LogP contribution in [-0.2, 0) is 15.7 Å². The monoisotopic (exact) mass is 460 g/mol. The number of carbonyl (C=O) groups is 1. The Labute approximate surface area is 191 Å². The predicted molar refractivity (Wildman–Crippen MR) is 120 cm³/mol. The molecular weight excluding hydrogens is 433 g/mol. The average Bonchev–Trinajstić information content (AvgIpc) is 2.82. The second-order valence-electron chi connectivity index (χ2n) is 7.61. The van der Waals surface area contributed by atoms with Gasteiger partial charge in [-0.3, -0.25) is 0 Å². The van der Waals surface area contributed by atoms with E-state index < -0.39 is 17.7 Å². The zero-order chi connectivity index (χ0) is 24.0. The molecule has 0 saturated carbocycles. The van der Waals surface area contributed by atoms with Gasteiger partial charge in [-0.1, -0.05) is 37.3 Å². The smallest absolute Gasteiger partial charge is 0.417 e. The lowest BCUT2D eigenvalue weighted by atomic mass is 9.90. The van der Waals surface area contributed by atoms with Crippen LogP contribution in [0.25, 0.3) is 11.1 Å². The van der Waals surface area contributed by atoms with E-state index in [0.717, 1.165) is 18.1 Å². The van der Waals surface area contributed by atoms with E-state index in [1.807, 2.05) is 13.0 Å². The fraction of sp³-hybridized carbons (Fsp3) is 0.320. The molecule has 2 aromatic rings. The Balaban J connectivity index is 1.88. The Kier molecular flexibility index (Phi) is 7.68. The number of methoxy groups -OCH3 is 1. The molecule has 0 fully saturated rings. The quantitative estimate of drug-likeness (QED) is 0.340. The number of fused-ring (bicyclic) bond motifs is 1. The molecule has 0 amide bonds. The van der Waals surface area contributed by atoms with Gasteiger partial charge in [-0.2, -0.15) is 13.2 Å². The van der Waals surface area contributed by atoms with Gasteiger partial charge in [0.25, 0.3) is 0 Å². The zero-order valence-corrected chi connectivity index (χ0v) is 18.5. The first-order chi connectivity index (χ1) is 15.8. The molecule has 0 saturated heterocycles. The zero-order valence-electron chi connectivity index (χ0n) is 18.5. The van der Waals surface area contributed by atoms with Crippen LogP contribution >= 0.6 is 0 Å². The first-order valence-electron chi connectivity index (χ1n) is 10.7. The van der Waals surface area contributed by atoms with Crippen molar-refractivity contribution in [2.45, 2.75) is 31.9 Å². The van der Waals surface area contributed by atoms with Crippen molar-refractivity contribution in [3.8, 4) is 16.9 Å². The van der Waals surface area contributed by atoms with Gasteiger partial charge in [0.05, 0.1) is 24.9 Å². The fourth-order valence-corrected chi connectivity index (χ4v) is 3.98. The number of rotatable bonds is 7. The van der Waals surface area contributed by atoms with E-state index in [-0.39, 0.29) is 11.5 Å². The third kappa shape index (κ3) is 5.50. The Morgan fingerprint density at radius 1 is 1.27 bits per heavy atom. The molecule has 1 atom stereocenters. The van der Waals surface area contributed by atoms with Crippen molar-refractivity contribution in [2.24, 2.45) is 5.73 Å². The number of nitrogens with one attached hydrogen (secondary N) is 1. The summed E-state index contributed by atoms with van der Waals surface area (Å²) in [6.07, 6.45) is -0.362.